The first-order valence-corrected chi connectivity index (χ1v) is 11.6. The summed E-state index contributed by atoms with van der Waals surface area (Å²) >= 11 is 0. The third-order valence-corrected chi connectivity index (χ3v) is 5.94. The molecule has 2 heterocycles. The number of ether oxygens (including phenoxy) is 2. The Bertz CT molecular complexity index is 1550. The molecule has 0 radical (unpaired) electrons. The van der Waals surface area contributed by atoms with Crippen LogP contribution in [0.4, 0.5) is 4.39 Å². The normalized spacial score (nSPS) is 12.8. The number of nitrogens with zero attached hydrogens (tertiary/aromatic N) is 5. The number of halogens is 1. The molecule has 188 valence electrons. The Hall–Kier alpha value is -4.73. The Labute approximate surface area is 212 Å². The van der Waals surface area contributed by atoms with Crippen molar-refractivity contribution >= 4 is 16.8 Å². The van der Waals surface area contributed by atoms with Crippen LogP contribution >= 0.6 is 0 Å². The molecule has 3 aromatic carbocycles. The van der Waals surface area contributed by atoms with E-state index in [1.54, 1.807) is 43.4 Å². The minimum atomic E-state index is -0.541. The first-order valence-electron chi connectivity index (χ1n) is 11.6. The summed E-state index contributed by atoms with van der Waals surface area (Å²) < 4.78 is 28.4. The molecule has 1 N–H and O–H groups in total. The lowest BCUT2D eigenvalue weighted by molar-refractivity contribution is 0.0876. The standard InChI is InChI=1S/C27H25FN6O3/c1-17(30-27(35)24-16-33(2)32-31-24)26(18-5-4-6-22(13-18)36-3)37-23-11-12-25-19(14-23)15-29-34(25)21-9-7-20(28)8-10-21/h4-17,26H,1-3H3,(H,30,35). The summed E-state index contributed by atoms with van der Waals surface area (Å²) in [5.41, 5.74) is 2.64. The molecule has 0 aliphatic rings. The van der Waals surface area contributed by atoms with Crippen molar-refractivity contribution in [1.82, 2.24) is 30.1 Å². The second-order valence-electron chi connectivity index (χ2n) is 8.61. The van der Waals surface area contributed by atoms with Gasteiger partial charge in [0.25, 0.3) is 5.91 Å². The van der Waals surface area contributed by atoms with Gasteiger partial charge in [0.2, 0.25) is 0 Å². The van der Waals surface area contributed by atoms with Crippen molar-refractivity contribution in [1.29, 1.82) is 0 Å². The van der Waals surface area contributed by atoms with Crippen molar-refractivity contribution in [2.24, 2.45) is 7.05 Å². The number of rotatable bonds is 8. The first kappa shape index (κ1) is 24.0. The number of hydrogen-bond acceptors (Lipinski definition) is 6. The summed E-state index contributed by atoms with van der Waals surface area (Å²) in [7, 11) is 3.30. The van der Waals surface area contributed by atoms with Crippen molar-refractivity contribution in [2.75, 3.05) is 7.11 Å². The van der Waals surface area contributed by atoms with Crippen LogP contribution in [0.15, 0.2) is 79.1 Å². The number of aryl methyl sites for hydroxylation is 1. The fourth-order valence-corrected chi connectivity index (χ4v) is 4.10. The lowest BCUT2D eigenvalue weighted by Crippen LogP contribution is -2.39. The molecule has 37 heavy (non-hydrogen) atoms. The van der Waals surface area contributed by atoms with E-state index in [4.69, 9.17) is 9.47 Å². The molecule has 1 amide bonds. The van der Waals surface area contributed by atoms with E-state index in [0.29, 0.717) is 11.5 Å². The van der Waals surface area contributed by atoms with Crippen LogP contribution in [-0.4, -0.2) is 43.8 Å². The van der Waals surface area contributed by atoms with Gasteiger partial charge >= 0.3 is 0 Å². The Balaban J connectivity index is 1.44. The molecule has 2 atom stereocenters. The number of amides is 1. The van der Waals surface area contributed by atoms with Crippen LogP contribution in [0.25, 0.3) is 16.6 Å². The molecule has 5 rings (SSSR count). The van der Waals surface area contributed by atoms with Gasteiger partial charge in [0, 0.05) is 12.4 Å². The van der Waals surface area contributed by atoms with Crippen LogP contribution in [0, 0.1) is 5.82 Å². The van der Waals surface area contributed by atoms with E-state index >= 15 is 0 Å². The maximum Gasteiger partial charge on any atom is 0.273 e. The summed E-state index contributed by atoms with van der Waals surface area (Å²) in [6, 6.07) is 18.8. The van der Waals surface area contributed by atoms with Crippen molar-refractivity contribution in [2.45, 2.75) is 19.1 Å². The lowest BCUT2D eigenvalue weighted by atomic mass is 10.0. The number of fused-ring (bicyclic) bond motifs is 1. The second kappa shape index (κ2) is 10.1. The molecule has 0 saturated carbocycles. The predicted molar refractivity (Wildman–Crippen MR) is 135 cm³/mol. The van der Waals surface area contributed by atoms with Crippen molar-refractivity contribution in [3.63, 3.8) is 0 Å². The molecular formula is C27H25FN6O3. The summed E-state index contributed by atoms with van der Waals surface area (Å²) in [5.74, 6) is 0.613. The first-order chi connectivity index (χ1) is 17.9. The van der Waals surface area contributed by atoms with E-state index < -0.39 is 12.1 Å². The molecule has 0 bridgehead atoms. The van der Waals surface area contributed by atoms with Crippen LogP contribution in [-0.2, 0) is 7.05 Å². The van der Waals surface area contributed by atoms with Gasteiger partial charge in [0.05, 0.1) is 36.7 Å². The zero-order chi connectivity index (χ0) is 25.9. The number of carbonyl (C=O) groups is 1. The molecule has 0 aliphatic carbocycles. The highest BCUT2D eigenvalue weighted by Gasteiger charge is 2.25. The average Bonchev–Trinajstić information content (AvgIpc) is 3.54. The van der Waals surface area contributed by atoms with Gasteiger partial charge in [-0.05, 0) is 67.1 Å². The monoisotopic (exact) mass is 500 g/mol. The maximum absolute atomic E-state index is 13.4. The van der Waals surface area contributed by atoms with E-state index in [1.807, 2.05) is 49.4 Å². The molecule has 0 aliphatic heterocycles. The van der Waals surface area contributed by atoms with Crippen LogP contribution in [0.1, 0.15) is 29.1 Å². The number of benzene rings is 3. The van der Waals surface area contributed by atoms with E-state index in [9.17, 15) is 9.18 Å². The minimum absolute atomic E-state index is 0.216. The van der Waals surface area contributed by atoms with Gasteiger partial charge < -0.3 is 14.8 Å². The molecule has 2 aromatic heterocycles. The van der Waals surface area contributed by atoms with Crippen LogP contribution in [0.3, 0.4) is 0 Å². The highest BCUT2D eigenvalue weighted by Crippen LogP contribution is 2.30. The Morgan fingerprint density at radius 2 is 1.86 bits per heavy atom. The van der Waals surface area contributed by atoms with Crippen LogP contribution in [0.2, 0.25) is 0 Å². The number of methoxy groups -OCH3 is 1. The average molecular weight is 501 g/mol. The van der Waals surface area contributed by atoms with Gasteiger partial charge in [-0.25, -0.2) is 9.07 Å². The molecule has 2 unspecified atom stereocenters. The molecule has 0 fully saturated rings. The van der Waals surface area contributed by atoms with Crippen molar-refractivity contribution in [3.8, 4) is 17.2 Å². The molecule has 5 aromatic rings. The van der Waals surface area contributed by atoms with E-state index in [1.165, 1.54) is 16.8 Å². The van der Waals surface area contributed by atoms with Crippen molar-refractivity contribution in [3.05, 3.63) is 96.2 Å². The zero-order valence-electron chi connectivity index (χ0n) is 20.5. The topological polar surface area (TPSA) is 96.1 Å². The highest BCUT2D eigenvalue weighted by atomic mass is 19.1. The summed E-state index contributed by atoms with van der Waals surface area (Å²) in [6.07, 6.45) is 2.74. The van der Waals surface area contributed by atoms with E-state index in [0.717, 1.165) is 22.2 Å². The quantitative estimate of drug-likeness (QED) is 0.342. The number of carbonyl (C=O) groups excluding carboxylic acids is 1. The van der Waals surface area contributed by atoms with Gasteiger partial charge in [0.1, 0.15) is 23.4 Å². The van der Waals surface area contributed by atoms with Gasteiger partial charge in [-0.1, -0.05) is 17.3 Å². The number of nitrogens with one attached hydrogen (secondary N) is 1. The molecule has 10 heteroatoms. The summed E-state index contributed by atoms with van der Waals surface area (Å²) in [6.45, 7) is 1.86. The fourth-order valence-electron chi connectivity index (χ4n) is 4.10. The fraction of sp³-hybridized carbons (Fsp3) is 0.185. The van der Waals surface area contributed by atoms with Crippen molar-refractivity contribution < 1.29 is 18.7 Å². The molecule has 9 nitrogen and oxygen atoms in total. The van der Waals surface area contributed by atoms with Gasteiger partial charge in [-0.2, -0.15) is 5.10 Å². The number of hydrogen-bond donors (Lipinski definition) is 1. The summed E-state index contributed by atoms with van der Waals surface area (Å²) in [5, 5.41) is 16.0. The van der Waals surface area contributed by atoms with E-state index in [-0.39, 0.29) is 17.4 Å². The van der Waals surface area contributed by atoms with Gasteiger partial charge in [-0.15, -0.1) is 5.10 Å². The SMILES string of the molecule is COc1cccc(C(Oc2ccc3c(cnn3-c3ccc(F)cc3)c2)C(C)NC(=O)c2cn(C)nn2)c1. The largest absolute Gasteiger partial charge is 0.497 e. The number of aromatic nitrogens is 5. The Morgan fingerprint density at radius 3 is 2.59 bits per heavy atom. The lowest BCUT2D eigenvalue weighted by Gasteiger charge is -2.26. The molecule has 0 spiro atoms. The zero-order valence-corrected chi connectivity index (χ0v) is 20.5. The second-order valence-corrected chi connectivity index (χ2v) is 8.61. The van der Waals surface area contributed by atoms with Crippen LogP contribution < -0.4 is 14.8 Å². The molecular weight excluding hydrogens is 475 g/mol. The van der Waals surface area contributed by atoms with Gasteiger partial charge in [0.15, 0.2) is 5.69 Å². The smallest absolute Gasteiger partial charge is 0.273 e. The Morgan fingerprint density at radius 1 is 1.05 bits per heavy atom. The predicted octanol–water partition coefficient (Wildman–Crippen LogP) is 4.24. The maximum atomic E-state index is 13.4. The minimum Gasteiger partial charge on any atom is -0.497 e. The highest BCUT2D eigenvalue weighted by molar-refractivity contribution is 5.92. The Kier molecular flexibility index (Phi) is 6.55. The van der Waals surface area contributed by atoms with E-state index in [2.05, 4.69) is 20.7 Å². The summed E-state index contributed by atoms with van der Waals surface area (Å²) in [4.78, 5) is 12.8. The third kappa shape index (κ3) is 5.13. The van der Waals surface area contributed by atoms with Crippen LogP contribution in [0.5, 0.6) is 11.5 Å². The third-order valence-electron chi connectivity index (χ3n) is 5.94. The van der Waals surface area contributed by atoms with Gasteiger partial charge in [-0.3, -0.25) is 9.48 Å². The molecule has 0 saturated heterocycles.